The Labute approximate surface area is 149 Å². The second-order valence-electron chi connectivity index (χ2n) is 6.11. The molecule has 0 saturated carbocycles. The Balaban J connectivity index is 1.94. The molecule has 1 fully saturated rings. The average molecular weight is 364 g/mol. The second-order valence-corrected chi connectivity index (χ2v) is 6.11. The topological polar surface area (TPSA) is 98.1 Å². The van der Waals surface area contributed by atoms with Crippen molar-refractivity contribution in [2.24, 2.45) is 11.5 Å². The number of ether oxygens (including phenoxy) is 1. The largest absolute Gasteiger partial charge is 0.483 e. The monoisotopic (exact) mass is 364 g/mol. The third-order valence-electron chi connectivity index (χ3n) is 4.31. The highest BCUT2D eigenvalue weighted by atomic mass is 19.3. The first kappa shape index (κ1) is 17.8. The number of aromatic amines is 1. The lowest BCUT2D eigenvalue weighted by Gasteiger charge is -2.31. The number of rotatable bonds is 5. The van der Waals surface area contributed by atoms with Crippen LogP contribution in [-0.2, 0) is 4.74 Å². The van der Waals surface area contributed by atoms with Crippen molar-refractivity contribution in [1.29, 1.82) is 0 Å². The van der Waals surface area contributed by atoms with E-state index in [1.165, 1.54) is 13.2 Å². The van der Waals surface area contributed by atoms with Crippen LogP contribution in [0.3, 0.4) is 0 Å². The quantitative estimate of drug-likeness (QED) is 0.559. The van der Waals surface area contributed by atoms with Gasteiger partial charge in [-0.1, -0.05) is 0 Å². The fraction of sp³-hybridized carbons (Fsp3) is 0.353. The van der Waals surface area contributed by atoms with Crippen molar-refractivity contribution in [3.8, 4) is 11.3 Å². The van der Waals surface area contributed by atoms with Crippen LogP contribution >= 0.6 is 0 Å². The van der Waals surface area contributed by atoms with Gasteiger partial charge < -0.3 is 26.1 Å². The normalized spacial score (nSPS) is 18.2. The van der Waals surface area contributed by atoms with Gasteiger partial charge in [-0.2, -0.15) is 0 Å². The molecule has 0 unspecified atom stereocenters. The zero-order valence-corrected chi connectivity index (χ0v) is 14.5. The number of nitrogens with zero attached hydrogens (tertiary/aromatic N) is 3. The van der Waals surface area contributed by atoms with Crippen molar-refractivity contribution in [3.05, 3.63) is 42.6 Å². The molecule has 0 aliphatic carbocycles. The number of halogens is 2. The first-order valence-electron chi connectivity index (χ1n) is 8.23. The van der Waals surface area contributed by atoms with Gasteiger partial charge in [-0.25, -0.2) is 13.5 Å². The summed E-state index contributed by atoms with van der Waals surface area (Å²) in [6.07, 6.45) is 6.34. The Kier molecular flexibility index (Phi) is 4.88. The number of alkyl halides is 2. The molecule has 2 aromatic heterocycles. The first-order valence-corrected chi connectivity index (χ1v) is 8.23. The summed E-state index contributed by atoms with van der Waals surface area (Å²) in [7, 11) is 1.46. The standard InChI is InChI=1S/C17H22F2N6O/c1-26-15(21)3-2-14(20)25-13(12-4-7-22-11-12)10-16(23-25)24-8-5-17(18,19)6-9-24/h2-4,7,10-11,22H,5-6,8-9,20-21H2,1H3/b14-2+,15-3+. The summed E-state index contributed by atoms with van der Waals surface area (Å²) >= 11 is 0. The minimum absolute atomic E-state index is 0.183. The van der Waals surface area contributed by atoms with Gasteiger partial charge in [-0.15, -0.1) is 5.10 Å². The van der Waals surface area contributed by atoms with Crippen LogP contribution in [0.5, 0.6) is 0 Å². The SMILES string of the molecule is CO/C(N)=C/C=C(\N)n1nc(N2CCC(F)(F)CC2)cc1-c1cc[nH]c1. The molecule has 0 amide bonds. The van der Waals surface area contributed by atoms with Gasteiger partial charge in [0.05, 0.1) is 12.8 Å². The summed E-state index contributed by atoms with van der Waals surface area (Å²) in [6.45, 7) is 0.494. The molecule has 0 aromatic carbocycles. The Morgan fingerprint density at radius 2 is 2.04 bits per heavy atom. The Morgan fingerprint density at radius 1 is 1.31 bits per heavy atom. The van der Waals surface area contributed by atoms with Crippen LogP contribution in [0.2, 0.25) is 0 Å². The van der Waals surface area contributed by atoms with Gasteiger partial charge in [0.2, 0.25) is 0 Å². The molecule has 3 heterocycles. The number of nitrogens with one attached hydrogen (secondary N) is 1. The van der Waals surface area contributed by atoms with Gasteiger partial charge in [-0.05, 0) is 12.1 Å². The van der Waals surface area contributed by atoms with Crippen LogP contribution in [0.15, 0.2) is 42.6 Å². The minimum atomic E-state index is -2.61. The highest BCUT2D eigenvalue weighted by molar-refractivity contribution is 5.68. The van der Waals surface area contributed by atoms with Crippen molar-refractivity contribution in [3.63, 3.8) is 0 Å². The first-order chi connectivity index (χ1) is 12.4. The van der Waals surface area contributed by atoms with Crippen LogP contribution in [0.25, 0.3) is 17.1 Å². The molecule has 9 heteroatoms. The zero-order valence-electron chi connectivity index (χ0n) is 14.5. The smallest absolute Gasteiger partial charge is 0.251 e. The van der Waals surface area contributed by atoms with Gasteiger partial charge in [-0.3, -0.25) is 0 Å². The molecule has 5 N–H and O–H groups in total. The summed E-state index contributed by atoms with van der Waals surface area (Å²) in [5, 5.41) is 4.52. The van der Waals surface area contributed by atoms with Gasteiger partial charge >= 0.3 is 0 Å². The van der Waals surface area contributed by atoms with Crippen molar-refractivity contribution in [1.82, 2.24) is 14.8 Å². The van der Waals surface area contributed by atoms with Crippen molar-refractivity contribution in [2.75, 3.05) is 25.1 Å². The van der Waals surface area contributed by atoms with Crippen LogP contribution in [-0.4, -0.2) is 40.9 Å². The Morgan fingerprint density at radius 3 is 2.65 bits per heavy atom. The number of methoxy groups -OCH3 is 1. The molecule has 1 aliphatic heterocycles. The lowest BCUT2D eigenvalue weighted by Crippen LogP contribution is -2.39. The maximum absolute atomic E-state index is 13.4. The maximum atomic E-state index is 13.4. The molecule has 1 saturated heterocycles. The summed E-state index contributed by atoms with van der Waals surface area (Å²) < 4.78 is 33.3. The van der Waals surface area contributed by atoms with Crippen molar-refractivity contribution in [2.45, 2.75) is 18.8 Å². The van der Waals surface area contributed by atoms with E-state index in [1.54, 1.807) is 17.0 Å². The average Bonchev–Trinajstić information content (AvgIpc) is 3.28. The van der Waals surface area contributed by atoms with Crippen LogP contribution in [0.4, 0.5) is 14.6 Å². The number of anilines is 1. The van der Waals surface area contributed by atoms with Crippen molar-refractivity contribution >= 4 is 11.6 Å². The summed E-state index contributed by atoms with van der Waals surface area (Å²) in [5.74, 6) is -1.46. The fourth-order valence-electron chi connectivity index (χ4n) is 2.78. The third kappa shape index (κ3) is 3.81. The van der Waals surface area contributed by atoms with Crippen LogP contribution in [0.1, 0.15) is 12.8 Å². The van der Waals surface area contributed by atoms with E-state index in [0.29, 0.717) is 11.6 Å². The molecule has 2 aromatic rings. The predicted octanol–water partition coefficient (Wildman–Crippen LogP) is 2.32. The minimum Gasteiger partial charge on any atom is -0.483 e. The second kappa shape index (κ2) is 7.11. The molecule has 3 rings (SSSR count). The van der Waals surface area contributed by atoms with Crippen LogP contribution in [0, 0.1) is 0 Å². The number of aromatic nitrogens is 3. The van der Waals surface area contributed by atoms with Crippen molar-refractivity contribution < 1.29 is 13.5 Å². The van der Waals surface area contributed by atoms with E-state index in [1.807, 2.05) is 23.2 Å². The third-order valence-corrected chi connectivity index (χ3v) is 4.31. The van der Waals surface area contributed by atoms with E-state index in [9.17, 15) is 8.78 Å². The number of hydrogen-bond donors (Lipinski definition) is 3. The van der Waals surface area contributed by atoms with E-state index in [-0.39, 0.29) is 31.8 Å². The van der Waals surface area contributed by atoms with E-state index in [4.69, 9.17) is 16.2 Å². The summed E-state index contributed by atoms with van der Waals surface area (Å²) in [5.41, 5.74) is 13.4. The van der Waals surface area contributed by atoms with E-state index in [2.05, 4.69) is 10.1 Å². The number of nitrogens with two attached hydrogens (primary N) is 2. The predicted molar refractivity (Wildman–Crippen MR) is 96.1 cm³/mol. The van der Waals surface area contributed by atoms with E-state index in [0.717, 1.165) is 11.3 Å². The highest BCUT2D eigenvalue weighted by Crippen LogP contribution is 2.32. The summed E-state index contributed by atoms with van der Waals surface area (Å²) in [6, 6.07) is 3.73. The Hall–Kier alpha value is -2.97. The van der Waals surface area contributed by atoms with E-state index < -0.39 is 5.92 Å². The lowest BCUT2D eigenvalue weighted by molar-refractivity contribution is -0.0221. The summed E-state index contributed by atoms with van der Waals surface area (Å²) in [4.78, 5) is 4.83. The van der Waals surface area contributed by atoms with Gasteiger partial charge in [0.15, 0.2) is 11.7 Å². The van der Waals surface area contributed by atoms with E-state index >= 15 is 0 Å². The van der Waals surface area contributed by atoms with Gasteiger partial charge in [0.25, 0.3) is 5.92 Å². The number of piperidine rings is 1. The molecule has 0 atom stereocenters. The molecule has 0 spiro atoms. The zero-order chi connectivity index (χ0) is 18.7. The molecule has 0 bridgehead atoms. The van der Waals surface area contributed by atoms with Crippen LogP contribution < -0.4 is 16.4 Å². The highest BCUT2D eigenvalue weighted by Gasteiger charge is 2.35. The Bertz CT molecular complexity index is 799. The molecular weight excluding hydrogens is 342 g/mol. The molecule has 26 heavy (non-hydrogen) atoms. The molecule has 0 radical (unpaired) electrons. The molecule has 7 nitrogen and oxygen atoms in total. The van der Waals surface area contributed by atoms with Gasteiger partial charge in [0.1, 0.15) is 5.82 Å². The maximum Gasteiger partial charge on any atom is 0.251 e. The number of H-pyrrole nitrogens is 1. The molecule has 140 valence electrons. The lowest BCUT2D eigenvalue weighted by atomic mass is 10.1. The molecule has 1 aliphatic rings. The molecular formula is C17H22F2N6O. The fourth-order valence-corrected chi connectivity index (χ4v) is 2.78. The number of allylic oxidation sites excluding steroid dienone is 2. The number of hydrogen-bond acceptors (Lipinski definition) is 5. The van der Waals surface area contributed by atoms with Gasteiger partial charge in [0, 0.05) is 56.0 Å².